The summed E-state index contributed by atoms with van der Waals surface area (Å²) in [7, 11) is 0. The van der Waals surface area contributed by atoms with Crippen LogP contribution in [0, 0.1) is 11.8 Å². The fourth-order valence-electron chi connectivity index (χ4n) is 3.17. The molecule has 1 fully saturated rings. The van der Waals surface area contributed by atoms with Crippen molar-refractivity contribution < 1.29 is 9.53 Å². The Hall–Kier alpha value is -1.26. The van der Waals surface area contributed by atoms with Crippen LogP contribution in [0.15, 0.2) is 24.3 Å². The molecule has 1 amide bonds. The van der Waals surface area contributed by atoms with Gasteiger partial charge in [0.2, 0.25) is 5.91 Å². The first-order valence-electron chi connectivity index (χ1n) is 9.77. The normalized spacial score (nSPS) is 16.0. The summed E-state index contributed by atoms with van der Waals surface area (Å²) in [4.78, 5) is 12.2. The zero-order valence-electron chi connectivity index (χ0n) is 16.4. The molecule has 1 atom stereocenters. The van der Waals surface area contributed by atoms with Crippen molar-refractivity contribution in [2.75, 3.05) is 19.7 Å². The second-order valence-electron chi connectivity index (χ2n) is 7.62. The summed E-state index contributed by atoms with van der Waals surface area (Å²) in [5.74, 6) is 2.40. The maximum atomic E-state index is 12.2. The molecule has 0 radical (unpaired) electrons. The fraction of sp³-hybridized carbons (Fsp3) is 0.667. The van der Waals surface area contributed by atoms with Gasteiger partial charge in [0.15, 0.2) is 0 Å². The maximum absolute atomic E-state index is 12.2. The Labute approximate surface area is 164 Å². The predicted octanol–water partition coefficient (Wildman–Crippen LogP) is 4.49. The van der Waals surface area contributed by atoms with Crippen LogP contribution in [0.3, 0.4) is 0 Å². The molecule has 2 rings (SSSR count). The topological polar surface area (TPSA) is 50.4 Å². The van der Waals surface area contributed by atoms with Crippen molar-refractivity contribution in [2.24, 2.45) is 11.8 Å². The van der Waals surface area contributed by atoms with Gasteiger partial charge in [-0.15, -0.1) is 12.4 Å². The van der Waals surface area contributed by atoms with Crippen molar-refractivity contribution >= 4 is 18.3 Å². The van der Waals surface area contributed by atoms with E-state index in [1.807, 2.05) is 31.2 Å². The van der Waals surface area contributed by atoms with Crippen LogP contribution in [0.25, 0.3) is 0 Å². The van der Waals surface area contributed by atoms with E-state index in [0.29, 0.717) is 18.3 Å². The van der Waals surface area contributed by atoms with Gasteiger partial charge in [0.1, 0.15) is 5.75 Å². The number of piperidine rings is 1. The van der Waals surface area contributed by atoms with Crippen molar-refractivity contribution in [1.82, 2.24) is 10.6 Å². The lowest BCUT2D eigenvalue weighted by Crippen LogP contribution is -2.30. The van der Waals surface area contributed by atoms with Crippen LogP contribution in [-0.2, 0) is 4.79 Å². The number of halogens is 1. The molecule has 26 heavy (non-hydrogen) atoms. The highest BCUT2D eigenvalue weighted by Crippen LogP contribution is 2.20. The van der Waals surface area contributed by atoms with Gasteiger partial charge in [0.05, 0.1) is 12.6 Å². The molecule has 1 aliphatic heterocycles. The molecule has 1 aromatic carbocycles. The number of hydrogen-bond donors (Lipinski definition) is 2. The average Bonchev–Trinajstić information content (AvgIpc) is 2.61. The van der Waals surface area contributed by atoms with Gasteiger partial charge >= 0.3 is 0 Å². The number of amides is 1. The molecule has 1 aliphatic rings. The number of hydrogen-bond acceptors (Lipinski definition) is 3. The van der Waals surface area contributed by atoms with E-state index in [4.69, 9.17) is 4.74 Å². The Kier molecular flexibility index (Phi) is 10.7. The molecular formula is C21H35ClN2O2. The van der Waals surface area contributed by atoms with Crippen LogP contribution < -0.4 is 15.4 Å². The molecular weight excluding hydrogens is 348 g/mol. The summed E-state index contributed by atoms with van der Waals surface area (Å²) in [5.41, 5.74) is 1.12. The van der Waals surface area contributed by atoms with Gasteiger partial charge in [-0.1, -0.05) is 26.0 Å². The molecule has 0 spiro atoms. The number of carbonyl (C=O) groups is 1. The molecule has 5 heteroatoms. The third-order valence-corrected chi connectivity index (χ3v) is 4.96. The number of benzene rings is 1. The van der Waals surface area contributed by atoms with Crippen LogP contribution >= 0.6 is 12.4 Å². The zero-order valence-corrected chi connectivity index (χ0v) is 17.2. The first-order chi connectivity index (χ1) is 12.0. The molecule has 0 saturated carbocycles. The largest absolute Gasteiger partial charge is 0.494 e. The van der Waals surface area contributed by atoms with Gasteiger partial charge in [-0.05, 0) is 75.2 Å². The van der Waals surface area contributed by atoms with Crippen molar-refractivity contribution in [3.8, 4) is 5.75 Å². The van der Waals surface area contributed by atoms with E-state index in [-0.39, 0.29) is 24.4 Å². The third kappa shape index (κ3) is 8.41. The minimum atomic E-state index is 0. The monoisotopic (exact) mass is 382 g/mol. The van der Waals surface area contributed by atoms with E-state index < -0.39 is 0 Å². The van der Waals surface area contributed by atoms with E-state index >= 15 is 0 Å². The van der Waals surface area contributed by atoms with E-state index in [0.717, 1.165) is 43.9 Å². The zero-order chi connectivity index (χ0) is 18.1. The van der Waals surface area contributed by atoms with Crippen molar-refractivity contribution in [3.05, 3.63) is 29.8 Å². The standard InChI is InChI=1S/C21H34N2O2.ClH/c1-16(2)12-15-25-20-7-5-19(6-8-20)17(3)23-21(24)9-4-18-10-13-22-14-11-18;/h5-8,16-18,22H,4,9-15H2,1-3H3,(H,23,24);1H. The second kappa shape index (κ2) is 12.2. The number of ether oxygens (including phenoxy) is 1. The summed E-state index contributed by atoms with van der Waals surface area (Å²) in [6.07, 6.45) is 5.09. The van der Waals surface area contributed by atoms with E-state index in [2.05, 4.69) is 24.5 Å². The van der Waals surface area contributed by atoms with E-state index in [1.54, 1.807) is 0 Å². The molecule has 0 bridgehead atoms. The number of rotatable bonds is 9. The Bertz CT molecular complexity index is 513. The van der Waals surface area contributed by atoms with Gasteiger partial charge in [-0.2, -0.15) is 0 Å². The number of nitrogens with one attached hydrogen (secondary N) is 2. The van der Waals surface area contributed by atoms with Crippen LogP contribution in [0.5, 0.6) is 5.75 Å². The lowest BCUT2D eigenvalue weighted by Gasteiger charge is -2.22. The lowest BCUT2D eigenvalue weighted by atomic mass is 9.93. The molecule has 1 aromatic rings. The average molecular weight is 383 g/mol. The van der Waals surface area contributed by atoms with Gasteiger partial charge in [-0.25, -0.2) is 0 Å². The van der Waals surface area contributed by atoms with Gasteiger partial charge in [-0.3, -0.25) is 4.79 Å². The highest BCUT2D eigenvalue weighted by atomic mass is 35.5. The van der Waals surface area contributed by atoms with E-state index in [1.165, 1.54) is 12.8 Å². The summed E-state index contributed by atoms with van der Waals surface area (Å²) in [6.45, 7) is 9.36. The highest BCUT2D eigenvalue weighted by molar-refractivity contribution is 5.85. The molecule has 0 aliphatic carbocycles. The molecule has 1 saturated heterocycles. The number of carbonyl (C=O) groups excluding carboxylic acids is 1. The quantitative estimate of drug-likeness (QED) is 0.661. The third-order valence-electron chi connectivity index (χ3n) is 4.96. The summed E-state index contributed by atoms with van der Waals surface area (Å²) < 4.78 is 5.75. The summed E-state index contributed by atoms with van der Waals surface area (Å²) >= 11 is 0. The molecule has 1 unspecified atom stereocenters. The molecule has 1 heterocycles. The predicted molar refractivity (Wildman–Crippen MR) is 110 cm³/mol. The lowest BCUT2D eigenvalue weighted by molar-refractivity contribution is -0.122. The van der Waals surface area contributed by atoms with Crippen LogP contribution in [-0.4, -0.2) is 25.6 Å². The SMILES string of the molecule is CC(C)CCOc1ccc(C(C)NC(=O)CCC2CCNCC2)cc1.Cl. The minimum Gasteiger partial charge on any atom is -0.494 e. The Balaban J connectivity index is 0.00000338. The first kappa shape index (κ1) is 22.8. The summed E-state index contributed by atoms with van der Waals surface area (Å²) in [5, 5.41) is 6.49. The Morgan fingerprint density at radius 3 is 2.46 bits per heavy atom. The Morgan fingerprint density at radius 1 is 1.19 bits per heavy atom. The Morgan fingerprint density at radius 2 is 1.85 bits per heavy atom. The van der Waals surface area contributed by atoms with Gasteiger partial charge in [0, 0.05) is 6.42 Å². The second-order valence-corrected chi connectivity index (χ2v) is 7.62. The van der Waals surface area contributed by atoms with Crippen LogP contribution in [0.2, 0.25) is 0 Å². The molecule has 4 nitrogen and oxygen atoms in total. The molecule has 148 valence electrons. The van der Waals surface area contributed by atoms with E-state index in [9.17, 15) is 4.79 Å². The molecule has 0 aromatic heterocycles. The first-order valence-corrected chi connectivity index (χ1v) is 9.77. The van der Waals surface area contributed by atoms with Crippen LogP contribution in [0.1, 0.15) is 64.5 Å². The maximum Gasteiger partial charge on any atom is 0.220 e. The molecule has 2 N–H and O–H groups in total. The van der Waals surface area contributed by atoms with Crippen molar-refractivity contribution in [3.63, 3.8) is 0 Å². The smallest absolute Gasteiger partial charge is 0.220 e. The summed E-state index contributed by atoms with van der Waals surface area (Å²) in [6, 6.07) is 8.11. The van der Waals surface area contributed by atoms with Crippen LogP contribution in [0.4, 0.5) is 0 Å². The fourth-order valence-corrected chi connectivity index (χ4v) is 3.17. The van der Waals surface area contributed by atoms with Gasteiger partial charge in [0.25, 0.3) is 0 Å². The minimum absolute atomic E-state index is 0. The van der Waals surface area contributed by atoms with Crippen molar-refractivity contribution in [2.45, 2.75) is 58.9 Å². The highest BCUT2D eigenvalue weighted by Gasteiger charge is 2.15. The van der Waals surface area contributed by atoms with Crippen molar-refractivity contribution in [1.29, 1.82) is 0 Å². The van der Waals surface area contributed by atoms with Gasteiger partial charge < -0.3 is 15.4 Å².